The number of aromatic nitrogens is 3. The molecule has 1 aromatic carbocycles. The summed E-state index contributed by atoms with van der Waals surface area (Å²) in [6.45, 7) is 4.61. The molecule has 0 amide bonds. The van der Waals surface area contributed by atoms with Gasteiger partial charge in [0.25, 0.3) is 0 Å². The smallest absolute Gasteiger partial charge is 0.309 e. The van der Waals surface area contributed by atoms with Crippen molar-refractivity contribution >= 4 is 17.9 Å². The Morgan fingerprint density at radius 3 is 2.62 bits per heavy atom. The number of carbonyl (C=O) groups excluding carboxylic acids is 1. The summed E-state index contributed by atoms with van der Waals surface area (Å²) in [5, 5.41) is 16.7. The Morgan fingerprint density at radius 1 is 1.11 bits per heavy atom. The molecule has 0 unspecified atom stereocenters. The van der Waals surface area contributed by atoms with Crippen LogP contribution in [-0.2, 0) is 34.5 Å². The molecule has 2 N–H and O–H groups in total. The van der Waals surface area contributed by atoms with Crippen LogP contribution >= 0.6 is 0 Å². The molecule has 2 heterocycles. The van der Waals surface area contributed by atoms with Crippen LogP contribution in [0.4, 0.5) is 5.95 Å². The average molecular weight is 514 g/mol. The number of hydrogen-bond donors (Lipinski definition) is 2. The predicted molar refractivity (Wildman–Crippen MR) is 138 cm³/mol. The Bertz CT molecular complexity index is 1030. The number of hydrogen-bond acceptors (Lipinski definition) is 8. The molecule has 1 saturated carbocycles. The first-order chi connectivity index (χ1) is 18.0. The fraction of sp³-hybridized carbons (Fsp3) is 0.630. The number of rotatable bonds is 12. The lowest BCUT2D eigenvalue weighted by molar-refractivity contribution is -0.154. The molecular weight excluding hydrogens is 474 g/mol. The van der Waals surface area contributed by atoms with E-state index in [9.17, 15) is 9.59 Å². The van der Waals surface area contributed by atoms with Crippen molar-refractivity contribution in [3.05, 3.63) is 35.7 Å². The summed E-state index contributed by atoms with van der Waals surface area (Å²) in [7, 11) is 1.79. The summed E-state index contributed by atoms with van der Waals surface area (Å²) < 4.78 is 13.0. The van der Waals surface area contributed by atoms with Gasteiger partial charge in [-0.1, -0.05) is 18.6 Å². The van der Waals surface area contributed by atoms with E-state index in [4.69, 9.17) is 14.6 Å². The van der Waals surface area contributed by atoms with Crippen LogP contribution in [0.25, 0.3) is 0 Å². The Morgan fingerprint density at radius 2 is 1.86 bits per heavy atom. The minimum atomic E-state index is -0.784. The van der Waals surface area contributed by atoms with Gasteiger partial charge >= 0.3 is 11.9 Å². The normalized spacial score (nSPS) is 20.4. The van der Waals surface area contributed by atoms with Gasteiger partial charge in [0.05, 0.1) is 18.4 Å². The van der Waals surface area contributed by atoms with Crippen LogP contribution in [0.2, 0.25) is 0 Å². The van der Waals surface area contributed by atoms with Crippen LogP contribution in [0.1, 0.15) is 62.8 Å². The van der Waals surface area contributed by atoms with Crippen LogP contribution in [-0.4, -0.2) is 63.0 Å². The van der Waals surface area contributed by atoms with E-state index in [2.05, 4.69) is 38.5 Å². The molecule has 0 atom stereocenters. The van der Waals surface area contributed by atoms with Gasteiger partial charge in [-0.2, -0.15) is 10.1 Å². The second-order valence-corrected chi connectivity index (χ2v) is 10.1. The highest BCUT2D eigenvalue weighted by Gasteiger charge is 2.30. The van der Waals surface area contributed by atoms with E-state index in [1.807, 2.05) is 6.07 Å². The molecule has 0 radical (unpaired) electrons. The van der Waals surface area contributed by atoms with Crippen molar-refractivity contribution in [1.82, 2.24) is 19.7 Å². The number of carbonyl (C=O) groups is 2. The predicted octanol–water partition coefficient (Wildman–Crippen LogP) is 3.62. The van der Waals surface area contributed by atoms with Gasteiger partial charge in [0.2, 0.25) is 5.95 Å². The maximum absolute atomic E-state index is 12.4. The summed E-state index contributed by atoms with van der Waals surface area (Å²) in [5.41, 5.74) is 1.29. The molecule has 2 aliphatic rings. The van der Waals surface area contributed by atoms with Gasteiger partial charge in [-0.15, -0.1) is 0 Å². The van der Waals surface area contributed by atoms with Gasteiger partial charge in [-0.3, -0.25) is 14.5 Å². The molecule has 2 aromatic rings. The van der Waals surface area contributed by atoms with Crippen molar-refractivity contribution in [3.63, 3.8) is 0 Å². The first-order valence-electron chi connectivity index (χ1n) is 13.5. The van der Waals surface area contributed by atoms with Crippen LogP contribution in [0.15, 0.2) is 24.3 Å². The number of aliphatic carboxylic acids is 1. The molecule has 10 heteroatoms. The average Bonchev–Trinajstić information content (AvgIpc) is 3.27. The molecule has 1 aliphatic carbocycles. The van der Waals surface area contributed by atoms with Crippen molar-refractivity contribution in [2.24, 2.45) is 18.9 Å². The van der Waals surface area contributed by atoms with Crippen molar-refractivity contribution in [3.8, 4) is 5.75 Å². The number of anilines is 1. The molecular formula is C27H39N5O5. The maximum atomic E-state index is 12.4. The Hall–Kier alpha value is -3.14. The number of carboxylic acids is 1. The summed E-state index contributed by atoms with van der Waals surface area (Å²) in [6.07, 6.45) is 6.84. The summed E-state index contributed by atoms with van der Waals surface area (Å²) >= 11 is 0. The number of esters is 1. The minimum absolute atomic E-state index is 0.00406. The fourth-order valence-corrected chi connectivity index (χ4v) is 5.05. The minimum Gasteiger partial charge on any atom is -0.494 e. The number of ether oxygens (including phenoxy) is 2. The van der Waals surface area contributed by atoms with E-state index < -0.39 is 5.97 Å². The first-order valence-corrected chi connectivity index (χ1v) is 13.5. The lowest BCUT2D eigenvalue weighted by Gasteiger charge is -2.26. The summed E-state index contributed by atoms with van der Waals surface area (Å²) in [6, 6.07) is 8.36. The molecule has 1 saturated heterocycles. The summed E-state index contributed by atoms with van der Waals surface area (Å²) in [5.74, 6) is 0.249. The molecule has 2 fully saturated rings. The van der Waals surface area contributed by atoms with Crippen LogP contribution in [0.3, 0.4) is 0 Å². The second-order valence-electron chi connectivity index (χ2n) is 10.1. The van der Waals surface area contributed by atoms with Crippen molar-refractivity contribution in [1.29, 1.82) is 0 Å². The van der Waals surface area contributed by atoms with Crippen LogP contribution in [0.5, 0.6) is 5.75 Å². The van der Waals surface area contributed by atoms with Gasteiger partial charge < -0.3 is 19.9 Å². The highest BCUT2D eigenvalue weighted by Crippen LogP contribution is 2.30. The zero-order valence-corrected chi connectivity index (χ0v) is 21.7. The Balaban J connectivity index is 1.13. The monoisotopic (exact) mass is 513 g/mol. The SMILES string of the molecule is Cn1nc(COC(=O)C2CCC(C(=O)O)CC2)nc1NCCCOc1cccc(CN2CCCCC2)c1. The Kier molecular flexibility index (Phi) is 9.76. The molecule has 10 nitrogen and oxygen atoms in total. The van der Waals surface area contributed by atoms with E-state index in [0.717, 1.165) is 18.7 Å². The fourth-order valence-electron chi connectivity index (χ4n) is 5.05. The third-order valence-electron chi connectivity index (χ3n) is 7.19. The van der Waals surface area contributed by atoms with Crippen LogP contribution in [0, 0.1) is 11.8 Å². The molecule has 0 bridgehead atoms. The largest absolute Gasteiger partial charge is 0.494 e. The lowest BCUT2D eigenvalue weighted by atomic mass is 9.82. The number of benzene rings is 1. The van der Waals surface area contributed by atoms with Gasteiger partial charge in [-0.25, -0.2) is 4.68 Å². The van der Waals surface area contributed by atoms with Gasteiger partial charge in [0.1, 0.15) is 5.75 Å². The van der Waals surface area contributed by atoms with E-state index >= 15 is 0 Å². The highest BCUT2D eigenvalue weighted by molar-refractivity contribution is 5.74. The lowest BCUT2D eigenvalue weighted by Crippen LogP contribution is -2.29. The number of aryl methyl sites for hydroxylation is 1. The second kappa shape index (κ2) is 13.4. The number of piperidine rings is 1. The third-order valence-corrected chi connectivity index (χ3v) is 7.19. The van der Waals surface area contributed by atoms with E-state index in [1.54, 1.807) is 11.7 Å². The van der Waals surface area contributed by atoms with E-state index in [-0.39, 0.29) is 24.4 Å². The third kappa shape index (κ3) is 8.18. The Labute approximate surface area is 218 Å². The van der Waals surface area contributed by atoms with Gasteiger partial charge in [0.15, 0.2) is 12.4 Å². The first kappa shape index (κ1) is 26.9. The van der Waals surface area contributed by atoms with E-state index in [0.29, 0.717) is 50.6 Å². The van der Waals surface area contributed by atoms with E-state index in [1.165, 1.54) is 37.9 Å². The summed E-state index contributed by atoms with van der Waals surface area (Å²) in [4.78, 5) is 30.4. The molecule has 0 spiro atoms. The zero-order chi connectivity index (χ0) is 26.0. The van der Waals surface area contributed by atoms with Crippen molar-refractivity contribution in [2.75, 3.05) is 31.6 Å². The molecule has 4 rings (SSSR count). The van der Waals surface area contributed by atoms with Crippen LogP contribution < -0.4 is 10.1 Å². The topological polar surface area (TPSA) is 119 Å². The molecule has 202 valence electrons. The molecule has 37 heavy (non-hydrogen) atoms. The number of carboxylic acid groups (broad SMARTS) is 1. The van der Waals surface area contributed by atoms with Crippen molar-refractivity contribution in [2.45, 2.75) is 64.5 Å². The van der Waals surface area contributed by atoms with Gasteiger partial charge in [-0.05, 0) is 75.7 Å². The number of likely N-dealkylation sites (tertiary alicyclic amines) is 1. The molecule has 1 aliphatic heterocycles. The van der Waals surface area contributed by atoms with Crippen molar-refractivity contribution < 1.29 is 24.2 Å². The number of nitrogens with zero attached hydrogens (tertiary/aromatic N) is 4. The standard InChI is InChI=1S/C27H39N5O5/c1-31-27(29-24(30-31)19-37-26(35)22-11-9-21(10-12-22)25(33)34)28-13-6-16-36-23-8-5-7-20(17-23)18-32-14-3-2-4-15-32/h5,7-8,17,21-22H,2-4,6,9-16,18-19H2,1H3,(H,33,34)(H,28,29,30). The maximum Gasteiger partial charge on any atom is 0.309 e. The quantitative estimate of drug-likeness (QED) is 0.324. The highest BCUT2D eigenvalue weighted by atomic mass is 16.5. The number of nitrogens with one attached hydrogen (secondary N) is 1. The molecule has 1 aromatic heterocycles. The van der Waals surface area contributed by atoms with Gasteiger partial charge in [0, 0.05) is 20.1 Å². The zero-order valence-electron chi connectivity index (χ0n) is 21.7.